The molecule has 0 spiro atoms. The second-order valence-electron chi connectivity index (χ2n) is 4.99. The van der Waals surface area contributed by atoms with Gasteiger partial charge in [-0.2, -0.15) is 10.4 Å². The van der Waals surface area contributed by atoms with Gasteiger partial charge in [0.1, 0.15) is 11.4 Å². The van der Waals surface area contributed by atoms with Crippen LogP contribution >= 0.6 is 0 Å². The van der Waals surface area contributed by atoms with E-state index in [0.717, 1.165) is 0 Å². The summed E-state index contributed by atoms with van der Waals surface area (Å²) in [6, 6.07) is 8.58. The third kappa shape index (κ3) is 3.71. The number of hydrogen-bond acceptors (Lipinski definition) is 5. The quantitative estimate of drug-likeness (QED) is 0.672. The van der Waals surface area contributed by atoms with Crippen LogP contribution in [-0.2, 0) is 11.3 Å². The van der Waals surface area contributed by atoms with E-state index in [2.05, 4.69) is 10.4 Å². The van der Waals surface area contributed by atoms with Gasteiger partial charge in [0.25, 0.3) is 0 Å². The molecule has 118 valence electrons. The average molecular weight is 313 g/mol. The van der Waals surface area contributed by atoms with Crippen LogP contribution in [-0.4, -0.2) is 20.6 Å². The third-order valence-corrected chi connectivity index (χ3v) is 3.35. The topological polar surface area (TPSA) is 114 Å². The standard InChI is InChI=1S/C15H15N5O3/c1-10-15(20(22)23)11(2)19(18-10)7-6-14(21)17-13-5-3-4-12(8-13)9-16/h3-5,8H,6-7H2,1-2H3,(H,17,21). The highest BCUT2D eigenvalue weighted by atomic mass is 16.6. The second kappa shape index (κ2) is 6.70. The molecule has 0 bridgehead atoms. The molecule has 0 aliphatic rings. The minimum atomic E-state index is -0.471. The molecule has 0 aliphatic carbocycles. The second-order valence-corrected chi connectivity index (χ2v) is 4.99. The SMILES string of the molecule is Cc1nn(CCC(=O)Nc2cccc(C#N)c2)c(C)c1[N+](=O)[O-]. The Bertz CT molecular complexity index is 804. The van der Waals surface area contributed by atoms with Crippen molar-refractivity contribution in [2.24, 2.45) is 0 Å². The van der Waals surface area contributed by atoms with Crippen LogP contribution in [0.3, 0.4) is 0 Å². The van der Waals surface area contributed by atoms with Crippen molar-refractivity contribution >= 4 is 17.3 Å². The van der Waals surface area contributed by atoms with Crippen molar-refractivity contribution in [1.29, 1.82) is 5.26 Å². The van der Waals surface area contributed by atoms with Crippen molar-refractivity contribution in [2.75, 3.05) is 5.32 Å². The third-order valence-electron chi connectivity index (χ3n) is 3.35. The molecule has 0 radical (unpaired) electrons. The van der Waals surface area contributed by atoms with Gasteiger partial charge in [0, 0.05) is 12.1 Å². The number of rotatable bonds is 5. The lowest BCUT2D eigenvalue weighted by Crippen LogP contribution is -2.15. The molecule has 0 saturated carbocycles. The number of nitrogens with one attached hydrogen (secondary N) is 1. The molecule has 1 aromatic heterocycles. The van der Waals surface area contributed by atoms with E-state index in [1.807, 2.05) is 6.07 Å². The lowest BCUT2D eigenvalue weighted by atomic mass is 10.2. The molecule has 0 saturated heterocycles. The number of anilines is 1. The van der Waals surface area contributed by atoms with E-state index in [0.29, 0.717) is 22.6 Å². The molecule has 8 nitrogen and oxygen atoms in total. The van der Waals surface area contributed by atoms with Crippen LogP contribution < -0.4 is 5.32 Å². The van der Waals surface area contributed by atoms with Gasteiger partial charge < -0.3 is 5.32 Å². The molecule has 0 atom stereocenters. The fourth-order valence-corrected chi connectivity index (χ4v) is 2.27. The summed E-state index contributed by atoms with van der Waals surface area (Å²) in [5.74, 6) is -0.254. The molecule has 1 N–H and O–H groups in total. The summed E-state index contributed by atoms with van der Waals surface area (Å²) in [6.07, 6.45) is 0.121. The molecule has 23 heavy (non-hydrogen) atoms. The minimum absolute atomic E-state index is 0.0212. The summed E-state index contributed by atoms with van der Waals surface area (Å²) < 4.78 is 1.46. The monoisotopic (exact) mass is 313 g/mol. The molecule has 2 aromatic rings. The van der Waals surface area contributed by atoms with Crippen LogP contribution in [0.2, 0.25) is 0 Å². The van der Waals surface area contributed by atoms with Crippen LogP contribution in [0.1, 0.15) is 23.4 Å². The van der Waals surface area contributed by atoms with Crippen LogP contribution in [0.15, 0.2) is 24.3 Å². The van der Waals surface area contributed by atoms with Gasteiger partial charge in [-0.3, -0.25) is 19.6 Å². The Labute approximate surface area is 132 Å². The normalized spacial score (nSPS) is 10.1. The van der Waals surface area contributed by atoms with E-state index in [-0.39, 0.29) is 24.6 Å². The number of aryl methyl sites for hydroxylation is 2. The van der Waals surface area contributed by atoms with E-state index in [1.54, 1.807) is 38.1 Å². The van der Waals surface area contributed by atoms with Crippen LogP contribution in [0.25, 0.3) is 0 Å². The predicted molar refractivity (Wildman–Crippen MR) is 82.8 cm³/mol. The number of benzene rings is 1. The first-order chi connectivity index (χ1) is 10.9. The first-order valence-corrected chi connectivity index (χ1v) is 6.90. The van der Waals surface area contributed by atoms with Crippen LogP contribution in [0.5, 0.6) is 0 Å². The van der Waals surface area contributed by atoms with Crippen molar-refractivity contribution in [1.82, 2.24) is 9.78 Å². The molecule has 8 heteroatoms. The van der Waals surface area contributed by atoms with Gasteiger partial charge in [-0.1, -0.05) is 6.07 Å². The van der Waals surface area contributed by atoms with Crippen LogP contribution in [0, 0.1) is 35.3 Å². The van der Waals surface area contributed by atoms with Gasteiger partial charge in [-0.25, -0.2) is 0 Å². The van der Waals surface area contributed by atoms with E-state index in [4.69, 9.17) is 5.26 Å². The Balaban J connectivity index is 2.01. The van der Waals surface area contributed by atoms with Crippen molar-refractivity contribution in [3.63, 3.8) is 0 Å². The number of aromatic nitrogens is 2. The Morgan fingerprint density at radius 2 is 2.22 bits per heavy atom. The molecule has 0 unspecified atom stereocenters. The number of nitro groups is 1. The fraction of sp³-hybridized carbons (Fsp3) is 0.267. The molecule has 1 amide bonds. The number of nitriles is 1. The van der Waals surface area contributed by atoms with Crippen molar-refractivity contribution < 1.29 is 9.72 Å². The first kappa shape index (κ1) is 16.2. The highest BCUT2D eigenvalue weighted by Gasteiger charge is 2.21. The predicted octanol–water partition coefficient (Wildman–Crippen LogP) is 2.31. The van der Waals surface area contributed by atoms with Gasteiger partial charge in [-0.15, -0.1) is 0 Å². The summed E-state index contributed by atoms with van der Waals surface area (Å²) in [5.41, 5.74) is 1.72. The maximum Gasteiger partial charge on any atom is 0.312 e. The Hall–Kier alpha value is -3.21. The molecule has 1 aromatic carbocycles. The molecular weight excluding hydrogens is 298 g/mol. The summed E-state index contributed by atoms with van der Waals surface area (Å²) in [4.78, 5) is 22.4. The largest absolute Gasteiger partial charge is 0.326 e. The molecular formula is C15H15N5O3. The lowest BCUT2D eigenvalue weighted by Gasteiger charge is -2.06. The van der Waals surface area contributed by atoms with Gasteiger partial charge in [0.2, 0.25) is 5.91 Å². The van der Waals surface area contributed by atoms with Crippen molar-refractivity contribution in [3.8, 4) is 6.07 Å². The Morgan fingerprint density at radius 1 is 1.48 bits per heavy atom. The smallest absolute Gasteiger partial charge is 0.312 e. The Kier molecular flexibility index (Phi) is 4.71. The molecule has 2 rings (SSSR count). The maximum absolute atomic E-state index is 12.0. The minimum Gasteiger partial charge on any atom is -0.326 e. The fourth-order valence-electron chi connectivity index (χ4n) is 2.27. The van der Waals surface area contributed by atoms with Gasteiger partial charge in [0.15, 0.2) is 0 Å². The van der Waals surface area contributed by atoms with Gasteiger partial charge >= 0.3 is 5.69 Å². The maximum atomic E-state index is 12.0. The zero-order valence-electron chi connectivity index (χ0n) is 12.7. The number of amides is 1. The lowest BCUT2D eigenvalue weighted by molar-refractivity contribution is -0.386. The summed E-state index contributed by atoms with van der Waals surface area (Å²) in [6.45, 7) is 3.41. The Morgan fingerprint density at radius 3 is 2.83 bits per heavy atom. The summed E-state index contributed by atoms with van der Waals surface area (Å²) >= 11 is 0. The molecule has 1 heterocycles. The van der Waals surface area contributed by atoms with E-state index >= 15 is 0 Å². The zero-order valence-corrected chi connectivity index (χ0v) is 12.7. The first-order valence-electron chi connectivity index (χ1n) is 6.90. The number of carbonyl (C=O) groups excluding carboxylic acids is 1. The highest BCUT2D eigenvalue weighted by Crippen LogP contribution is 2.21. The van der Waals surface area contributed by atoms with E-state index < -0.39 is 4.92 Å². The van der Waals surface area contributed by atoms with Crippen molar-refractivity contribution in [3.05, 3.63) is 51.3 Å². The summed E-state index contributed by atoms with van der Waals surface area (Å²) in [5, 5.41) is 26.5. The van der Waals surface area contributed by atoms with Crippen molar-refractivity contribution in [2.45, 2.75) is 26.8 Å². The van der Waals surface area contributed by atoms with Gasteiger partial charge in [0.05, 0.1) is 23.1 Å². The van der Waals surface area contributed by atoms with E-state index in [9.17, 15) is 14.9 Å². The number of carbonyl (C=O) groups is 1. The molecule has 0 aliphatic heterocycles. The summed E-state index contributed by atoms with van der Waals surface area (Å²) in [7, 11) is 0. The van der Waals surface area contributed by atoms with E-state index in [1.165, 1.54) is 4.68 Å². The highest BCUT2D eigenvalue weighted by molar-refractivity contribution is 5.90. The average Bonchev–Trinajstić information content (AvgIpc) is 2.79. The zero-order chi connectivity index (χ0) is 17.0. The van der Waals surface area contributed by atoms with Gasteiger partial charge in [-0.05, 0) is 32.0 Å². The number of hydrogen-bond donors (Lipinski definition) is 1. The van der Waals surface area contributed by atoms with Crippen LogP contribution in [0.4, 0.5) is 11.4 Å². The number of nitrogens with zero attached hydrogens (tertiary/aromatic N) is 4. The molecule has 0 fully saturated rings.